The molecule has 1 aliphatic rings. The Labute approximate surface area is 191 Å². The summed E-state index contributed by atoms with van der Waals surface area (Å²) in [7, 11) is 0. The largest absolute Gasteiger partial charge is 0.378 e. The number of fused-ring (bicyclic) bond motifs is 1. The zero-order chi connectivity index (χ0) is 21.4. The van der Waals surface area contributed by atoms with E-state index in [1.165, 1.54) is 12.1 Å². The smallest absolute Gasteiger partial charge is 0.251 e. The second-order valence-electron chi connectivity index (χ2n) is 7.55. The predicted molar refractivity (Wildman–Crippen MR) is 127 cm³/mol. The Bertz CT molecular complexity index is 1290. The zero-order valence-electron chi connectivity index (χ0n) is 16.6. The minimum Gasteiger partial charge on any atom is -0.378 e. The number of ether oxygens (including phenoxy) is 1. The summed E-state index contributed by atoms with van der Waals surface area (Å²) in [5.41, 5.74) is 4.20. The van der Waals surface area contributed by atoms with Crippen LogP contribution in [0.15, 0.2) is 59.8 Å². The van der Waals surface area contributed by atoms with Crippen molar-refractivity contribution in [1.29, 1.82) is 0 Å². The SMILES string of the molecule is O=c1cc(-c2c[nH]c3ncc(N4CCOCC4)cc23)ccn1Cc1cc(F)cc(I)c1. The molecule has 158 valence electrons. The topological polar surface area (TPSA) is 63.1 Å². The van der Waals surface area contributed by atoms with Gasteiger partial charge in [0.1, 0.15) is 11.5 Å². The molecule has 0 radical (unpaired) electrons. The fourth-order valence-corrected chi connectivity index (χ4v) is 4.63. The number of halogens is 2. The first-order valence-electron chi connectivity index (χ1n) is 10.0. The first-order chi connectivity index (χ1) is 15.1. The Hall–Kier alpha value is -2.72. The van der Waals surface area contributed by atoms with E-state index in [0.717, 1.165) is 50.1 Å². The van der Waals surface area contributed by atoms with Crippen LogP contribution in [-0.2, 0) is 11.3 Å². The van der Waals surface area contributed by atoms with Crippen molar-refractivity contribution in [3.05, 3.63) is 80.3 Å². The average Bonchev–Trinajstić information content (AvgIpc) is 3.18. The molecule has 5 rings (SSSR count). The van der Waals surface area contributed by atoms with Crippen LogP contribution in [0.2, 0.25) is 0 Å². The number of H-pyrrole nitrogens is 1. The number of aromatic amines is 1. The molecule has 0 atom stereocenters. The van der Waals surface area contributed by atoms with E-state index in [1.54, 1.807) is 16.8 Å². The van der Waals surface area contributed by atoms with Crippen molar-refractivity contribution in [2.24, 2.45) is 0 Å². The van der Waals surface area contributed by atoms with Crippen molar-refractivity contribution in [1.82, 2.24) is 14.5 Å². The van der Waals surface area contributed by atoms with Gasteiger partial charge in [-0.15, -0.1) is 0 Å². The van der Waals surface area contributed by atoms with Crippen molar-refractivity contribution >= 4 is 39.3 Å². The highest BCUT2D eigenvalue weighted by molar-refractivity contribution is 14.1. The number of anilines is 1. The van der Waals surface area contributed by atoms with Gasteiger partial charge in [-0.05, 0) is 64.0 Å². The van der Waals surface area contributed by atoms with Crippen LogP contribution in [0.5, 0.6) is 0 Å². The quantitative estimate of drug-likeness (QED) is 0.405. The maximum atomic E-state index is 13.7. The highest BCUT2D eigenvalue weighted by atomic mass is 127. The summed E-state index contributed by atoms with van der Waals surface area (Å²) in [4.78, 5) is 22.8. The second-order valence-corrected chi connectivity index (χ2v) is 8.80. The molecule has 1 saturated heterocycles. The standard InChI is InChI=1S/C23H20FIN4O2/c24-17-7-15(8-18(25)10-17)14-29-2-1-16(9-22(29)30)21-13-27-23-20(21)11-19(12-26-23)28-3-5-31-6-4-28/h1-2,7-13H,3-6,14H2,(H,26,27). The summed E-state index contributed by atoms with van der Waals surface area (Å²) in [6.45, 7) is 3.41. The summed E-state index contributed by atoms with van der Waals surface area (Å²) >= 11 is 2.07. The van der Waals surface area contributed by atoms with Crippen LogP contribution in [0, 0.1) is 9.39 Å². The van der Waals surface area contributed by atoms with Crippen LogP contribution in [-0.4, -0.2) is 40.8 Å². The first-order valence-corrected chi connectivity index (χ1v) is 11.1. The van der Waals surface area contributed by atoms with E-state index < -0.39 is 0 Å². The molecule has 0 unspecified atom stereocenters. The lowest BCUT2D eigenvalue weighted by molar-refractivity contribution is 0.122. The normalized spacial score (nSPS) is 14.3. The van der Waals surface area contributed by atoms with Gasteiger partial charge >= 0.3 is 0 Å². The van der Waals surface area contributed by atoms with Crippen LogP contribution in [0.4, 0.5) is 10.1 Å². The third kappa shape index (κ3) is 4.22. The van der Waals surface area contributed by atoms with Gasteiger partial charge in [-0.3, -0.25) is 4.79 Å². The Kier molecular flexibility index (Phi) is 5.49. The number of rotatable bonds is 4. The summed E-state index contributed by atoms with van der Waals surface area (Å²) in [5, 5.41) is 0.973. The molecule has 0 saturated carbocycles. The maximum Gasteiger partial charge on any atom is 0.251 e. The summed E-state index contributed by atoms with van der Waals surface area (Å²) < 4.78 is 21.5. The highest BCUT2D eigenvalue weighted by Crippen LogP contribution is 2.30. The lowest BCUT2D eigenvalue weighted by atomic mass is 10.1. The van der Waals surface area contributed by atoms with Gasteiger partial charge in [0, 0.05) is 46.1 Å². The third-order valence-corrected chi connectivity index (χ3v) is 6.10. The van der Waals surface area contributed by atoms with E-state index in [0.29, 0.717) is 19.8 Å². The van der Waals surface area contributed by atoms with E-state index in [-0.39, 0.29) is 11.4 Å². The van der Waals surface area contributed by atoms with Gasteiger partial charge < -0.3 is 19.2 Å². The monoisotopic (exact) mass is 530 g/mol. The number of hydrogen-bond acceptors (Lipinski definition) is 4. The van der Waals surface area contributed by atoms with Crippen molar-refractivity contribution < 1.29 is 9.13 Å². The first kappa shape index (κ1) is 20.2. The molecule has 1 N–H and O–H groups in total. The number of morpholine rings is 1. The molecule has 4 aromatic rings. The second kappa shape index (κ2) is 8.43. The Morgan fingerprint density at radius 3 is 2.77 bits per heavy atom. The maximum absolute atomic E-state index is 13.7. The summed E-state index contributed by atoms with van der Waals surface area (Å²) in [5.74, 6) is -0.297. The summed E-state index contributed by atoms with van der Waals surface area (Å²) in [6.07, 6.45) is 5.51. The molecule has 4 heterocycles. The van der Waals surface area contributed by atoms with Gasteiger partial charge in [-0.2, -0.15) is 0 Å². The molecule has 0 amide bonds. The highest BCUT2D eigenvalue weighted by Gasteiger charge is 2.15. The van der Waals surface area contributed by atoms with E-state index >= 15 is 0 Å². The molecule has 0 bridgehead atoms. The third-order valence-electron chi connectivity index (χ3n) is 5.48. The molecule has 3 aromatic heterocycles. The van der Waals surface area contributed by atoms with Crippen molar-refractivity contribution in [2.75, 3.05) is 31.2 Å². The zero-order valence-corrected chi connectivity index (χ0v) is 18.8. The Morgan fingerprint density at radius 2 is 2.00 bits per heavy atom. The van der Waals surface area contributed by atoms with Gasteiger partial charge in [-0.25, -0.2) is 9.37 Å². The fraction of sp³-hybridized carbons (Fsp3) is 0.217. The van der Waals surface area contributed by atoms with Crippen molar-refractivity contribution in [3.63, 3.8) is 0 Å². The Balaban J connectivity index is 1.47. The minimum absolute atomic E-state index is 0.136. The molecule has 8 heteroatoms. The van der Waals surface area contributed by atoms with Crippen LogP contribution in [0.25, 0.3) is 22.2 Å². The molecular formula is C23H20FIN4O2. The number of hydrogen-bond donors (Lipinski definition) is 1. The predicted octanol–water partition coefficient (Wildman–Crippen LogP) is 4.02. The van der Waals surface area contributed by atoms with Crippen molar-refractivity contribution in [2.45, 2.75) is 6.54 Å². The molecule has 0 spiro atoms. The molecule has 31 heavy (non-hydrogen) atoms. The van der Waals surface area contributed by atoms with E-state index in [9.17, 15) is 9.18 Å². The fourth-order valence-electron chi connectivity index (χ4n) is 3.93. The van der Waals surface area contributed by atoms with E-state index in [2.05, 4.69) is 43.5 Å². The summed E-state index contributed by atoms with van der Waals surface area (Å²) in [6, 6.07) is 10.4. The van der Waals surface area contributed by atoms with Gasteiger partial charge in [0.25, 0.3) is 5.56 Å². The Morgan fingerprint density at radius 1 is 1.16 bits per heavy atom. The molecule has 1 aliphatic heterocycles. The molecule has 1 aromatic carbocycles. The molecule has 6 nitrogen and oxygen atoms in total. The molecule has 0 aliphatic carbocycles. The van der Waals surface area contributed by atoms with Gasteiger partial charge in [-0.1, -0.05) is 0 Å². The number of benzene rings is 1. The van der Waals surface area contributed by atoms with Gasteiger partial charge in [0.2, 0.25) is 0 Å². The van der Waals surface area contributed by atoms with Crippen LogP contribution < -0.4 is 10.5 Å². The molecule has 1 fully saturated rings. The van der Waals surface area contributed by atoms with Gasteiger partial charge in [0.15, 0.2) is 0 Å². The number of nitrogens with one attached hydrogen (secondary N) is 1. The average molecular weight is 530 g/mol. The lowest BCUT2D eigenvalue weighted by Crippen LogP contribution is -2.36. The number of aromatic nitrogens is 3. The molecular weight excluding hydrogens is 510 g/mol. The minimum atomic E-state index is -0.297. The van der Waals surface area contributed by atoms with Crippen LogP contribution in [0.3, 0.4) is 0 Å². The number of nitrogens with zero attached hydrogens (tertiary/aromatic N) is 3. The van der Waals surface area contributed by atoms with E-state index in [4.69, 9.17) is 4.74 Å². The van der Waals surface area contributed by atoms with Crippen molar-refractivity contribution in [3.8, 4) is 11.1 Å². The van der Waals surface area contributed by atoms with Crippen LogP contribution >= 0.6 is 22.6 Å². The van der Waals surface area contributed by atoms with E-state index in [1.807, 2.05) is 24.5 Å². The lowest BCUT2D eigenvalue weighted by Gasteiger charge is -2.28. The number of pyridine rings is 2. The van der Waals surface area contributed by atoms with Gasteiger partial charge in [0.05, 0.1) is 31.6 Å². The van der Waals surface area contributed by atoms with Crippen LogP contribution in [0.1, 0.15) is 5.56 Å².